The van der Waals surface area contributed by atoms with Gasteiger partial charge in [-0.1, -0.05) is 0 Å². The lowest BCUT2D eigenvalue weighted by Crippen LogP contribution is -2.24. The van der Waals surface area contributed by atoms with E-state index in [1.807, 2.05) is 10.8 Å². The summed E-state index contributed by atoms with van der Waals surface area (Å²) in [6, 6.07) is 0. The van der Waals surface area contributed by atoms with Crippen molar-refractivity contribution >= 4 is 22.8 Å². The first-order valence-corrected chi connectivity index (χ1v) is 7.41. The Morgan fingerprint density at radius 2 is 2.35 bits per heavy atom. The number of rotatable bonds is 3. The van der Waals surface area contributed by atoms with Gasteiger partial charge in [-0.25, -0.2) is 11.3 Å². The fourth-order valence-electron chi connectivity index (χ4n) is 3.10. The molecule has 0 bridgehead atoms. The quantitative estimate of drug-likeness (QED) is 0.365. The van der Waals surface area contributed by atoms with Crippen LogP contribution < -0.4 is 16.7 Å². The molecule has 4 heterocycles. The summed E-state index contributed by atoms with van der Waals surface area (Å²) in [5, 5.41) is 20.1. The summed E-state index contributed by atoms with van der Waals surface area (Å²) in [6.07, 6.45) is 1.28. The zero-order chi connectivity index (χ0) is 16.0. The number of aliphatic hydroxyl groups excluding tert-OH is 2. The molecule has 3 atom stereocenters. The van der Waals surface area contributed by atoms with Gasteiger partial charge < -0.3 is 19.5 Å². The number of nitrogen functional groups attached to an aromatic ring is 1. The van der Waals surface area contributed by atoms with E-state index in [2.05, 4.69) is 20.9 Å². The number of ether oxygens (including phenoxy) is 1. The van der Waals surface area contributed by atoms with Crippen LogP contribution in [0.5, 0.6) is 0 Å². The first kappa shape index (κ1) is 14.6. The molecule has 6 N–H and O–H groups in total. The third-order valence-electron chi connectivity index (χ3n) is 4.22. The van der Waals surface area contributed by atoms with Crippen LogP contribution in [0.1, 0.15) is 18.2 Å². The summed E-state index contributed by atoms with van der Waals surface area (Å²) < 4.78 is 7.59. The monoisotopic (exact) mass is 322 g/mol. The van der Waals surface area contributed by atoms with Crippen molar-refractivity contribution in [3.8, 4) is 0 Å². The number of aromatic nitrogens is 3. The highest BCUT2D eigenvalue weighted by Gasteiger charge is 2.36. The first-order valence-electron chi connectivity index (χ1n) is 7.41. The third kappa shape index (κ3) is 2.31. The van der Waals surface area contributed by atoms with Crippen LogP contribution in [0.3, 0.4) is 0 Å². The number of nitrogens with zero attached hydrogens (tertiary/aromatic N) is 3. The van der Waals surface area contributed by atoms with E-state index in [0.717, 1.165) is 10.9 Å². The Balaban J connectivity index is 1.84. The molecule has 0 amide bonds. The minimum atomic E-state index is -0.714. The first-order chi connectivity index (χ1) is 11.2. The van der Waals surface area contributed by atoms with Crippen LogP contribution >= 0.6 is 0 Å². The molecule has 2 aromatic heterocycles. The predicted octanol–water partition coefficient (Wildman–Crippen LogP) is -0.743. The van der Waals surface area contributed by atoms with E-state index in [-0.39, 0.29) is 12.6 Å². The van der Waals surface area contributed by atoms with Gasteiger partial charge in [0, 0.05) is 19.0 Å². The van der Waals surface area contributed by atoms with Gasteiger partial charge in [0.1, 0.15) is 18.0 Å². The molecule has 0 aliphatic carbocycles. The average Bonchev–Trinajstić information content (AvgIpc) is 3.04. The minimum Gasteiger partial charge on any atom is -0.394 e. The van der Waals surface area contributed by atoms with Crippen molar-refractivity contribution in [2.24, 2.45) is 5.84 Å². The molecule has 0 unspecified atom stereocenters. The maximum atomic E-state index is 9.97. The lowest BCUT2D eigenvalue weighted by atomic mass is 10.2. The molecular formula is C13H18N6O4. The van der Waals surface area contributed by atoms with Gasteiger partial charge in [0.2, 0.25) is 5.95 Å². The van der Waals surface area contributed by atoms with E-state index < -0.39 is 18.4 Å². The molecule has 1 fully saturated rings. The summed E-state index contributed by atoms with van der Waals surface area (Å²) in [6.45, 7) is 0.267. The predicted molar refractivity (Wildman–Crippen MR) is 80.2 cm³/mol. The molecule has 0 spiro atoms. The maximum Gasteiger partial charge on any atom is 0.241 e. The van der Waals surface area contributed by atoms with Crippen LogP contribution in [-0.4, -0.2) is 50.2 Å². The van der Waals surface area contributed by atoms with Gasteiger partial charge in [-0.15, -0.1) is 0 Å². The van der Waals surface area contributed by atoms with E-state index in [9.17, 15) is 10.2 Å². The van der Waals surface area contributed by atoms with Crippen LogP contribution in [0.15, 0.2) is 6.20 Å². The zero-order valence-electron chi connectivity index (χ0n) is 12.3. The van der Waals surface area contributed by atoms with Gasteiger partial charge in [0.25, 0.3) is 0 Å². The zero-order valence-corrected chi connectivity index (χ0v) is 12.3. The summed E-state index contributed by atoms with van der Waals surface area (Å²) in [5.41, 5.74) is 6.89. The van der Waals surface area contributed by atoms with Crippen molar-refractivity contribution in [1.82, 2.24) is 14.5 Å². The molecule has 2 aliphatic heterocycles. The van der Waals surface area contributed by atoms with Crippen molar-refractivity contribution in [2.75, 3.05) is 24.1 Å². The summed E-state index contributed by atoms with van der Waals surface area (Å²) in [7, 11) is 0. The molecule has 10 nitrogen and oxygen atoms in total. The average molecular weight is 322 g/mol. The Labute approximate surface area is 131 Å². The van der Waals surface area contributed by atoms with E-state index in [1.54, 1.807) is 0 Å². The number of anilines is 2. The standard InChI is InChI=1S/C13H18N6O4/c14-17-13-15-11-10-6(1-2-22-18-11)4-19(12(10)16-13)9-3-7(21)8(5-20)23-9/h4,7-9,20-21H,1-3,5,14H2,(H2,15,16,17,18)/t7-,8+,9+/m0/s1. The number of hydrogen-bond donors (Lipinski definition) is 5. The SMILES string of the molecule is NNc1nc2c3c(cn([C@H]4C[C@H](O)[C@@H](CO)O4)c3n1)CCON2. The smallest absolute Gasteiger partial charge is 0.241 e. The lowest BCUT2D eigenvalue weighted by Gasteiger charge is -2.15. The van der Waals surface area contributed by atoms with Crippen molar-refractivity contribution < 1.29 is 19.8 Å². The van der Waals surface area contributed by atoms with Gasteiger partial charge in [0.05, 0.1) is 24.7 Å². The fourth-order valence-corrected chi connectivity index (χ4v) is 3.10. The van der Waals surface area contributed by atoms with E-state index in [1.165, 1.54) is 0 Å². The van der Waals surface area contributed by atoms with Gasteiger partial charge in [-0.3, -0.25) is 10.3 Å². The Morgan fingerprint density at radius 3 is 3.09 bits per heavy atom. The Bertz CT molecular complexity index is 735. The number of hydrazine groups is 1. The van der Waals surface area contributed by atoms with Crippen molar-refractivity contribution in [1.29, 1.82) is 0 Å². The molecule has 124 valence electrons. The number of nitrogens with one attached hydrogen (secondary N) is 2. The van der Waals surface area contributed by atoms with Crippen molar-refractivity contribution in [2.45, 2.75) is 31.3 Å². The van der Waals surface area contributed by atoms with E-state index >= 15 is 0 Å². The molecule has 0 saturated carbocycles. The summed E-state index contributed by atoms with van der Waals surface area (Å²) in [4.78, 5) is 14.0. The lowest BCUT2D eigenvalue weighted by molar-refractivity contribution is -0.0430. The van der Waals surface area contributed by atoms with Crippen LogP contribution in [0.25, 0.3) is 11.0 Å². The van der Waals surface area contributed by atoms with E-state index in [0.29, 0.717) is 30.9 Å². The molecule has 1 saturated heterocycles. The second kappa shape index (κ2) is 5.58. The van der Waals surface area contributed by atoms with Gasteiger partial charge in [0.15, 0.2) is 5.82 Å². The second-order valence-electron chi connectivity index (χ2n) is 5.62. The molecule has 0 aromatic carbocycles. The van der Waals surface area contributed by atoms with Crippen LogP contribution in [0, 0.1) is 0 Å². The Morgan fingerprint density at radius 1 is 1.48 bits per heavy atom. The van der Waals surface area contributed by atoms with Gasteiger partial charge in [-0.2, -0.15) is 9.97 Å². The molecule has 4 rings (SSSR count). The molecular weight excluding hydrogens is 304 g/mol. The number of aliphatic hydroxyl groups is 2. The van der Waals surface area contributed by atoms with Gasteiger partial charge in [-0.05, 0) is 5.56 Å². The Kier molecular flexibility index (Phi) is 3.54. The maximum absolute atomic E-state index is 9.97. The largest absolute Gasteiger partial charge is 0.394 e. The highest BCUT2D eigenvalue weighted by Crippen LogP contribution is 2.36. The fraction of sp³-hybridized carbons (Fsp3) is 0.538. The number of nitrogens with two attached hydrogens (primary N) is 1. The van der Waals surface area contributed by atoms with Crippen LogP contribution in [0.4, 0.5) is 11.8 Å². The van der Waals surface area contributed by atoms with Gasteiger partial charge >= 0.3 is 0 Å². The third-order valence-corrected chi connectivity index (χ3v) is 4.22. The normalized spacial score (nSPS) is 27.0. The van der Waals surface area contributed by atoms with Crippen molar-refractivity contribution in [3.05, 3.63) is 11.8 Å². The Hall–Kier alpha value is -1.98. The summed E-state index contributed by atoms with van der Waals surface area (Å²) in [5.74, 6) is 6.22. The molecule has 10 heteroatoms. The van der Waals surface area contributed by atoms with E-state index in [4.69, 9.17) is 15.4 Å². The molecule has 2 aliphatic rings. The van der Waals surface area contributed by atoms with Crippen molar-refractivity contribution in [3.63, 3.8) is 0 Å². The molecule has 2 aromatic rings. The second-order valence-corrected chi connectivity index (χ2v) is 5.62. The molecule has 23 heavy (non-hydrogen) atoms. The highest BCUT2D eigenvalue weighted by atomic mass is 16.6. The number of hydrogen-bond acceptors (Lipinski definition) is 9. The topological polar surface area (TPSA) is 140 Å². The van der Waals surface area contributed by atoms with Crippen LogP contribution in [-0.2, 0) is 16.0 Å². The highest BCUT2D eigenvalue weighted by molar-refractivity contribution is 5.92. The minimum absolute atomic E-state index is 0.227. The summed E-state index contributed by atoms with van der Waals surface area (Å²) >= 11 is 0. The van der Waals surface area contributed by atoms with Crippen LogP contribution in [0.2, 0.25) is 0 Å². The molecule has 0 radical (unpaired) electrons.